The lowest BCUT2D eigenvalue weighted by Crippen LogP contribution is -2.29. The molecule has 0 radical (unpaired) electrons. The van der Waals surface area contributed by atoms with Gasteiger partial charge in [-0.25, -0.2) is 0 Å². The van der Waals surface area contributed by atoms with Gasteiger partial charge in [-0.05, 0) is 25.5 Å². The first-order chi connectivity index (χ1) is 9.31. The van der Waals surface area contributed by atoms with E-state index < -0.39 is 0 Å². The fourth-order valence-corrected chi connectivity index (χ4v) is 2.33. The summed E-state index contributed by atoms with van der Waals surface area (Å²) in [4.78, 5) is 11.9. The molecule has 1 aromatic rings. The zero-order valence-electron chi connectivity index (χ0n) is 11.2. The fourth-order valence-electron chi connectivity index (χ4n) is 2.33. The maximum atomic E-state index is 11.9. The molecule has 4 heteroatoms. The SMILES string of the molecule is NCCCCCCC(=O)NC1COc2ccccc21. The molecule has 1 heterocycles. The third-order valence-electron chi connectivity index (χ3n) is 3.39. The van der Waals surface area contributed by atoms with E-state index in [1.54, 1.807) is 0 Å². The lowest BCUT2D eigenvalue weighted by Gasteiger charge is -2.11. The third-order valence-corrected chi connectivity index (χ3v) is 3.39. The number of hydrogen-bond donors (Lipinski definition) is 2. The number of carbonyl (C=O) groups is 1. The van der Waals surface area contributed by atoms with Crippen molar-refractivity contribution in [3.05, 3.63) is 29.8 Å². The van der Waals surface area contributed by atoms with Gasteiger partial charge in [0, 0.05) is 12.0 Å². The van der Waals surface area contributed by atoms with Gasteiger partial charge < -0.3 is 15.8 Å². The van der Waals surface area contributed by atoms with Crippen molar-refractivity contribution in [3.8, 4) is 5.75 Å². The Morgan fingerprint density at radius 2 is 2.05 bits per heavy atom. The largest absolute Gasteiger partial charge is 0.491 e. The zero-order valence-corrected chi connectivity index (χ0v) is 11.2. The summed E-state index contributed by atoms with van der Waals surface area (Å²) in [6.45, 7) is 1.28. The van der Waals surface area contributed by atoms with E-state index in [1.807, 2.05) is 24.3 Å². The van der Waals surface area contributed by atoms with Gasteiger partial charge in [0.15, 0.2) is 0 Å². The highest BCUT2D eigenvalue weighted by Crippen LogP contribution is 2.31. The summed E-state index contributed by atoms with van der Waals surface area (Å²) < 4.78 is 5.54. The van der Waals surface area contributed by atoms with Crippen LogP contribution in [-0.4, -0.2) is 19.1 Å². The van der Waals surface area contributed by atoms with E-state index in [1.165, 1.54) is 0 Å². The highest BCUT2D eigenvalue weighted by atomic mass is 16.5. The van der Waals surface area contributed by atoms with Crippen LogP contribution in [0.5, 0.6) is 5.75 Å². The first-order valence-electron chi connectivity index (χ1n) is 7.02. The van der Waals surface area contributed by atoms with E-state index in [0.29, 0.717) is 13.0 Å². The Kier molecular flexibility index (Phi) is 5.21. The molecule has 0 saturated carbocycles. The van der Waals surface area contributed by atoms with Crippen LogP contribution in [0.1, 0.15) is 43.7 Å². The molecule has 1 aliphatic heterocycles. The average Bonchev–Trinajstić information content (AvgIpc) is 2.82. The summed E-state index contributed by atoms with van der Waals surface area (Å²) in [6, 6.07) is 7.87. The molecule has 1 aliphatic rings. The van der Waals surface area contributed by atoms with Crippen molar-refractivity contribution in [2.45, 2.75) is 38.1 Å². The van der Waals surface area contributed by atoms with Gasteiger partial charge >= 0.3 is 0 Å². The maximum Gasteiger partial charge on any atom is 0.220 e. The molecule has 1 atom stereocenters. The number of amides is 1. The van der Waals surface area contributed by atoms with E-state index in [0.717, 1.165) is 43.5 Å². The maximum absolute atomic E-state index is 11.9. The van der Waals surface area contributed by atoms with Crippen molar-refractivity contribution in [2.75, 3.05) is 13.2 Å². The van der Waals surface area contributed by atoms with Gasteiger partial charge in [-0.3, -0.25) is 4.79 Å². The molecule has 1 unspecified atom stereocenters. The minimum Gasteiger partial charge on any atom is -0.491 e. The van der Waals surface area contributed by atoms with Crippen molar-refractivity contribution < 1.29 is 9.53 Å². The summed E-state index contributed by atoms with van der Waals surface area (Å²) in [5, 5.41) is 3.04. The van der Waals surface area contributed by atoms with Crippen LogP contribution in [0, 0.1) is 0 Å². The van der Waals surface area contributed by atoms with E-state index in [4.69, 9.17) is 10.5 Å². The Bertz CT molecular complexity index is 420. The van der Waals surface area contributed by atoms with Crippen LogP contribution in [0.4, 0.5) is 0 Å². The summed E-state index contributed by atoms with van der Waals surface area (Å²) in [7, 11) is 0. The molecule has 2 rings (SSSR count). The molecule has 104 valence electrons. The van der Waals surface area contributed by atoms with Crippen molar-refractivity contribution in [2.24, 2.45) is 5.73 Å². The first kappa shape index (κ1) is 13.9. The fraction of sp³-hybridized carbons (Fsp3) is 0.533. The predicted molar refractivity (Wildman–Crippen MR) is 75.0 cm³/mol. The minimum atomic E-state index is 0.00717. The summed E-state index contributed by atoms with van der Waals surface area (Å²) >= 11 is 0. The van der Waals surface area contributed by atoms with Crippen LogP contribution in [0.25, 0.3) is 0 Å². The van der Waals surface area contributed by atoms with Gasteiger partial charge in [-0.15, -0.1) is 0 Å². The molecule has 0 saturated heterocycles. The number of nitrogens with one attached hydrogen (secondary N) is 1. The second-order valence-electron chi connectivity index (χ2n) is 4.92. The average molecular weight is 262 g/mol. The second kappa shape index (κ2) is 7.14. The summed E-state index contributed by atoms with van der Waals surface area (Å²) in [5.74, 6) is 0.994. The molecular formula is C15H22N2O2. The molecule has 0 aromatic heterocycles. The van der Waals surface area contributed by atoms with E-state index in [9.17, 15) is 4.79 Å². The van der Waals surface area contributed by atoms with Gasteiger partial charge in [0.2, 0.25) is 5.91 Å². The number of ether oxygens (including phenoxy) is 1. The van der Waals surface area contributed by atoms with Crippen LogP contribution in [0.2, 0.25) is 0 Å². The van der Waals surface area contributed by atoms with E-state index >= 15 is 0 Å². The number of para-hydroxylation sites is 1. The molecule has 4 nitrogen and oxygen atoms in total. The van der Waals surface area contributed by atoms with Crippen LogP contribution in [-0.2, 0) is 4.79 Å². The van der Waals surface area contributed by atoms with Gasteiger partial charge in [0.25, 0.3) is 0 Å². The van der Waals surface area contributed by atoms with E-state index in [2.05, 4.69) is 5.32 Å². The van der Waals surface area contributed by atoms with Crippen molar-refractivity contribution in [3.63, 3.8) is 0 Å². The molecular weight excluding hydrogens is 240 g/mol. The Labute approximate surface area is 114 Å². The Balaban J connectivity index is 1.72. The quantitative estimate of drug-likeness (QED) is 0.740. The Hall–Kier alpha value is -1.55. The smallest absolute Gasteiger partial charge is 0.220 e. The molecule has 0 aliphatic carbocycles. The Morgan fingerprint density at radius 3 is 2.89 bits per heavy atom. The van der Waals surface area contributed by atoms with Gasteiger partial charge in [0.05, 0.1) is 6.04 Å². The molecule has 3 N–H and O–H groups in total. The number of benzene rings is 1. The van der Waals surface area contributed by atoms with Crippen LogP contribution in [0.15, 0.2) is 24.3 Å². The van der Waals surface area contributed by atoms with Gasteiger partial charge in [-0.1, -0.05) is 31.0 Å². The lowest BCUT2D eigenvalue weighted by molar-refractivity contribution is -0.122. The summed E-state index contributed by atoms with van der Waals surface area (Å²) in [5.41, 5.74) is 6.51. The standard InChI is InChI=1S/C15H22N2O2/c16-10-6-2-1-3-9-15(18)17-13-11-19-14-8-5-4-7-12(13)14/h4-5,7-8,13H,1-3,6,9-11,16H2,(H,17,18). The third kappa shape index (κ3) is 3.96. The second-order valence-corrected chi connectivity index (χ2v) is 4.92. The van der Waals surface area contributed by atoms with Crippen molar-refractivity contribution in [1.29, 1.82) is 0 Å². The molecule has 1 aromatic carbocycles. The number of carbonyl (C=O) groups excluding carboxylic acids is 1. The van der Waals surface area contributed by atoms with Gasteiger partial charge in [-0.2, -0.15) is 0 Å². The molecule has 0 spiro atoms. The summed E-state index contributed by atoms with van der Waals surface area (Å²) in [6.07, 6.45) is 4.75. The van der Waals surface area contributed by atoms with Crippen LogP contribution in [0.3, 0.4) is 0 Å². The molecule has 1 amide bonds. The highest BCUT2D eigenvalue weighted by molar-refractivity contribution is 5.76. The molecule has 0 bridgehead atoms. The van der Waals surface area contributed by atoms with Crippen molar-refractivity contribution >= 4 is 5.91 Å². The number of hydrogen-bond acceptors (Lipinski definition) is 3. The lowest BCUT2D eigenvalue weighted by atomic mass is 10.1. The van der Waals surface area contributed by atoms with Gasteiger partial charge in [0.1, 0.15) is 12.4 Å². The highest BCUT2D eigenvalue weighted by Gasteiger charge is 2.24. The number of fused-ring (bicyclic) bond motifs is 1. The monoisotopic (exact) mass is 262 g/mol. The number of rotatable bonds is 7. The van der Waals surface area contributed by atoms with E-state index in [-0.39, 0.29) is 11.9 Å². The molecule has 0 fully saturated rings. The van der Waals surface area contributed by atoms with Crippen molar-refractivity contribution in [1.82, 2.24) is 5.32 Å². The topological polar surface area (TPSA) is 64.4 Å². The van der Waals surface area contributed by atoms with Crippen LogP contribution < -0.4 is 15.8 Å². The van der Waals surface area contributed by atoms with Crippen LogP contribution >= 0.6 is 0 Å². The normalized spacial score (nSPS) is 16.8. The minimum absolute atomic E-state index is 0.00717. The predicted octanol–water partition coefficient (Wildman–Crippen LogP) is 2.15. The molecule has 19 heavy (non-hydrogen) atoms. The Morgan fingerprint density at radius 1 is 1.26 bits per heavy atom. The number of nitrogens with two attached hydrogens (primary N) is 1. The number of unbranched alkanes of at least 4 members (excludes halogenated alkanes) is 3. The first-order valence-corrected chi connectivity index (χ1v) is 7.02. The zero-order chi connectivity index (χ0) is 13.5.